The Morgan fingerprint density at radius 3 is 2.27 bits per heavy atom. The first-order valence-electron chi connectivity index (χ1n) is 4.72. The highest BCUT2D eigenvalue weighted by atomic mass is 14.2. The van der Waals surface area contributed by atoms with Gasteiger partial charge in [0.15, 0.2) is 0 Å². The smallest absolute Gasteiger partial charge is 0.0991 e. The Bertz CT molecular complexity index is 504. The van der Waals surface area contributed by atoms with Gasteiger partial charge in [-0.05, 0) is 35.7 Å². The summed E-state index contributed by atoms with van der Waals surface area (Å²) in [5.41, 5.74) is 3.92. The van der Waals surface area contributed by atoms with Crippen LogP contribution in [0.5, 0.6) is 0 Å². The van der Waals surface area contributed by atoms with Gasteiger partial charge in [0.25, 0.3) is 0 Å². The van der Waals surface area contributed by atoms with Gasteiger partial charge in [0.05, 0.1) is 11.6 Å². The fraction of sp³-hybridized carbons (Fsp3) is 0. The van der Waals surface area contributed by atoms with Gasteiger partial charge in [-0.25, -0.2) is 0 Å². The van der Waals surface area contributed by atoms with Gasteiger partial charge in [0.1, 0.15) is 0 Å². The summed E-state index contributed by atoms with van der Waals surface area (Å²) in [5, 5.41) is 8.68. The molecule has 1 nitrogen and oxygen atoms in total. The third-order valence-electron chi connectivity index (χ3n) is 2.27. The molecule has 15 heavy (non-hydrogen) atoms. The third-order valence-corrected chi connectivity index (χ3v) is 2.27. The van der Waals surface area contributed by atoms with Crippen LogP contribution >= 0.6 is 0 Å². The van der Waals surface area contributed by atoms with E-state index in [-0.39, 0.29) is 0 Å². The molecule has 0 unspecified atom stereocenters. The van der Waals surface area contributed by atoms with Crippen molar-refractivity contribution in [1.29, 1.82) is 5.26 Å². The van der Waals surface area contributed by atoms with Crippen molar-refractivity contribution in [3.8, 4) is 17.2 Å². The minimum atomic E-state index is 0.685. The molecule has 2 aromatic rings. The molecule has 0 aliphatic heterocycles. The first kappa shape index (κ1) is 9.48. The van der Waals surface area contributed by atoms with Gasteiger partial charge in [-0.1, -0.05) is 36.4 Å². The van der Waals surface area contributed by atoms with E-state index in [4.69, 9.17) is 5.26 Å². The Morgan fingerprint density at radius 2 is 1.67 bits per heavy atom. The van der Waals surface area contributed by atoms with E-state index in [1.165, 1.54) is 0 Å². The lowest BCUT2D eigenvalue weighted by Crippen LogP contribution is -1.80. The van der Waals surface area contributed by atoms with Gasteiger partial charge in [-0.3, -0.25) is 0 Å². The molecule has 0 fully saturated rings. The van der Waals surface area contributed by atoms with E-state index in [2.05, 4.69) is 13.0 Å². The Kier molecular flexibility index (Phi) is 2.51. The van der Waals surface area contributed by atoms with E-state index < -0.39 is 0 Å². The summed E-state index contributed by atoms with van der Waals surface area (Å²) in [6.45, 7) is 3.89. The zero-order valence-corrected chi connectivity index (χ0v) is 8.27. The Balaban J connectivity index is 2.42. The van der Waals surface area contributed by atoms with Crippen molar-refractivity contribution in [2.45, 2.75) is 0 Å². The minimum Gasteiger partial charge on any atom is -0.192 e. The standard InChI is InChI=1S/C14H10N/c1-11-3-2-4-14(9-11)13-7-5-12(10-15)6-8-13/h2-9H,1H2. The largest absolute Gasteiger partial charge is 0.192 e. The molecule has 0 bridgehead atoms. The van der Waals surface area contributed by atoms with E-state index in [0.29, 0.717) is 5.56 Å². The van der Waals surface area contributed by atoms with Crippen LogP contribution in [0.1, 0.15) is 11.1 Å². The molecule has 1 heteroatoms. The number of nitriles is 1. The maximum absolute atomic E-state index is 8.68. The summed E-state index contributed by atoms with van der Waals surface area (Å²) in [4.78, 5) is 0. The quantitative estimate of drug-likeness (QED) is 0.679. The molecule has 1 radical (unpaired) electrons. The molecule has 71 valence electrons. The van der Waals surface area contributed by atoms with Crippen molar-refractivity contribution in [3.05, 3.63) is 66.6 Å². The van der Waals surface area contributed by atoms with Gasteiger partial charge in [0.2, 0.25) is 0 Å². The highest BCUT2D eigenvalue weighted by Gasteiger charge is 1.97. The van der Waals surface area contributed by atoms with Gasteiger partial charge in [-0.15, -0.1) is 0 Å². The zero-order chi connectivity index (χ0) is 10.7. The predicted octanol–water partition coefficient (Wildman–Crippen LogP) is 3.41. The molecule has 0 N–H and O–H groups in total. The topological polar surface area (TPSA) is 23.8 Å². The molecule has 2 rings (SSSR count). The summed E-state index contributed by atoms with van der Waals surface area (Å²) in [6.07, 6.45) is 0. The van der Waals surface area contributed by atoms with Crippen molar-refractivity contribution in [2.24, 2.45) is 0 Å². The predicted molar refractivity (Wildman–Crippen MR) is 61.1 cm³/mol. The molecule has 0 aromatic heterocycles. The van der Waals surface area contributed by atoms with Crippen molar-refractivity contribution in [1.82, 2.24) is 0 Å². The molecule has 0 aliphatic carbocycles. The normalized spacial score (nSPS) is 9.60. The van der Waals surface area contributed by atoms with Crippen LogP contribution in [0, 0.1) is 18.3 Å². The van der Waals surface area contributed by atoms with Gasteiger partial charge in [0, 0.05) is 0 Å². The second-order valence-electron chi connectivity index (χ2n) is 3.39. The van der Waals surface area contributed by atoms with Crippen LogP contribution in [0.25, 0.3) is 11.1 Å². The molecule has 0 spiro atoms. The van der Waals surface area contributed by atoms with Crippen LogP contribution in [0.4, 0.5) is 0 Å². The summed E-state index contributed by atoms with van der Waals surface area (Å²) < 4.78 is 0. The maximum Gasteiger partial charge on any atom is 0.0991 e. The van der Waals surface area contributed by atoms with E-state index in [0.717, 1.165) is 16.7 Å². The van der Waals surface area contributed by atoms with Crippen LogP contribution in [0.2, 0.25) is 0 Å². The molecule has 2 aromatic carbocycles. The maximum atomic E-state index is 8.68. The molecule has 0 atom stereocenters. The molecule has 0 aliphatic rings. The molecule has 0 saturated heterocycles. The van der Waals surface area contributed by atoms with Crippen LogP contribution in [-0.2, 0) is 0 Å². The minimum absolute atomic E-state index is 0.685. The van der Waals surface area contributed by atoms with Crippen LogP contribution in [-0.4, -0.2) is 0 Å². The SMILES string of the molecule is [CH2]c1cccc(-c2ccc(C#N)cc2)c1. The second-order valence-corrected chi connectivity index (χ2v) is 3.39. The summed E-state index contributed by atoms with van der Waals surface area (Å²) in [7, 11) is 0. The monoisotopic (exact) mass is 192 g/mol. The third kappa shape index (κ3) is 2.05. The number of benzene rings is 2. The lowest BCUT2D eigenvalue weighted by molar-refractivity contribution is 1.48. The average molecular weight is 192 g/mol. The van der Waals surface area contributed by atoms with Crippen LogP contribution in [0.3, 0.4) is 0 Å². The van der Waals surface area contributed by atoms with Gasteiger partial charge in [-0.2, -0.15) is 5.26 Å². The Morgan fingerprint density at radius 1 is 0.933 bits per heavy atom. The first-order chi connectivity index (χ1) is 7.29. The molecule has 0 heterocycles. The number of hydrogen-bond acceptors (Lipinski definition) is 1. The fourth-order valence-electron chi connectivity index (χ4n) is 1.49. The molecular weight excluding hydrogens is 182 g/mol. The van der Waals surface area contributed by atoms with E-state index in [1.54, 1.807) is 0 Å². The van der Waals surface area contributed by atoms with Crippen LogP contribution < -0.4 is 0 Å². The summed E-state index contributed by atoms with van der Waals surface area (Å²) in [5.74, 6) is 0. The van der Waals surface area contributed by atoms with Gasteiger partial charge >= 0.3 is 0 Å². The van der Waals surface area contributed by atoms with Crippen molar-refractivity contribution < 1.29 is 0 Å². The molecule has 0 amide bonds. The lowest BCUT2D eigenvalue weighted by Gasteiger charge is -2.02. The lowest BCUT2D eigenvalue weighted by atomic mass is 10.0. The van der Waals surface area contributed by atoms with E-state index in [1.807, 2.05) is 48.5 Å². The second kappa shape index (κ2) is 3.98. The number of rotatable bonds is 1. The number of hydrogen-bond donors (Lipinski definition) is 0. The summed E-state index contributed by atoms with van der Waals surface area (Å²) in [6, 6.07) is 17.7. The highest BCUT2D eigenvalue weighted by Crippen LogP contribution is 2.20. The molecular formula is C14H10N. The van der Waals surface area contributed by atoms with Gasteiger partial charge < -0.3 is 0 Å². The van der Waals surface area contributed by atoms with E-state index in [9.17, 15) is 0 Å². The number of nitrogens with zero attached hydrogens (tertiary/aromatic N) is 1. The summed E-state index contributed by atoms with van der Waals surface area (Å²) >= 11 is 0. The van der Waals surface area contributed by atoms with E-state index >= 15 is 0 Å². The van der Waals surface area contributed by atoms with Crippen molar-refractivity contribution in [2.75, 3.05) is 0 Å². The van der Waals surface area contributed by atoms with Crippen LogP contribution in [0.15, 0.2) is 48.5 Å². The highest BCUT2D eigenvalue weighted by molar-refractivity contribution is 5.65. The molecule has 0 saturated carbocycles. The average Bonchev–Trinajstić information content (AvgIpc) is 2.29. The Labute approximate surface area is 89.6 Å². The van der Waals surface area contributed by atoms with Crippen molar-refractivity contribution in [3.63, 3.8) is 0 Å². The first-order valence-corrected chi connectivity index (χ1v) is 4.72. The fourth-order valence-corrected chi connectivity index (χ4v) is 1.49. The Hall–Kier alpha value is -2.07. The zero-order valence-electron chi connectivity index (χ0n) is 8.27. The van der Waals surface area contributed by atoms with Crippen molar-refractivity contribution >= 4 is 0 Å².